The predicted octanol–water partition coefficient (Wildman–Crippen LogP) is 5.62. The molecule has 0 aliphatic rings. The van der Waals surface area contributed by atoms with Crippen molar-refractivity contribution in [3.05, 3.63) is 94.5 Å². The topological polar surface area (TPSA) is 113 Å². The number of anilines is 2. The van der Waals surface area contributed by atoms with E-state index in [4.69, 9.17) is 27.9 Å². The lowest BCUT2D eigenvalue weighted by Gasteiger charge is -2.25. The molecular formula is C27H22Cl2N2O6S. The number of carboxylic acid groups (broad SMARTS) is 1. The van der Waals surface area contributed by atoms with Gasteiger partial charge >= 0.3 is 5.97 Å². The highest BCUT2D eigenvalue weighted by Crippen LogP contribution is 2.35. The predicted molar refractivity (Wildman–Crippen MR) is 148 cm³/mol. The van der Waals surface area contributed by atoms with Gasteiger partial charge in [-0.05, 0) is 48.0 Å². The van der Waals surface area contributed by atoms with Crippen LogP contribution in [-0.4, -0.2) is 39.1 Å². The molecule has 0 heterocycles. The van der Waals surface area contributed by atoms with Gasteiger partial charge in [-0.25, -0.2) is 8.42 Å². The van der Waals surface area contributed by atoms with Crippen LogP contribution in [0.15, 0.2) is 83.8 Å². The fourth-order valence-electron chi connectivity index (χ4n) is 4.01. The number of benzene rings is 4. The first-order chi connectivity index (χ1) is 18.1. The number of hydrogen-bond donors (Lipinski definition) is 2. The first-order valence-electron chi connectivity index (χ1n) is 11.2. The molecular weight excluding hydrogens is 551 g/mol. The van der Waals surface area contributed by atoms with Gasteiger partial charge in [0.15, 0.2) is 0 Å². The van der Waals surface area contributed by atoms with Crippen LogP contribution in [0.5, 0.6) is 5.75 Å². The van der Waals surface area contributed by atoms with E-state index in [0.29, 0.717) is 22.2 Å². The molecule has 8 nitrogen and oxygen atoms in total. The zero-order chi connectivity index (χ0) is 27.4. The van der Waals surface area contributed by atoms with E-state index in [-0.39, 0.29) is 33.0 Å². The van der Waals surface area contributed by atoms with Crippen LogP contribution < -0.4 is 14.4 Å². The fraction of sp³-hybridized carbons (Fsp3) is 0.111. The summed E-state index contributed by atoms with van der Waals surface area (Å²) in [5, 5.41) is 13.6. The average molecular weight is 573 g/mol. The van der Waals surface area contributed by atoms with Gasteiger partial charge in [0, 0.05) is 26.5 Å². The molecule has 0 radical (unpaired) electrons. The minimum Gasteiger partial charge on any atom is -0.497 e. The van der Waals surface area contributed by atoms with Crippen LogP contribution in [0.3, 0.4) is 0 Å². The normalized spacial score (nSPS) is 11.2. The van der Waals surface area contributed by atoms with E-state index in [1.807, 2.05) is 0 Å². The monoisotopic (exact) mass is 572 g/mol. The molecule has 1 amide bonds. The Balaban J connectivity index is 1.74. The lowest BCUT2D eigenvalue weighted by Crippen LogP contribution is -2.36. The van der Waals surface area contributed by atoms with E-state index in [0.717, 1.165) is 9.87 Å². The summed E-state index contributed by atoms with van der Waals surface area (Å²) in [5.74, 6) is -1.02. The van der Waals surface area contributed by atoms with Gasteiger partial charge in [0.2, 0.25) is 5.91 Å². The van der Waals surface area contributed by atoms with Crippen molar-refractivity contribution < 1.29 is 27.9 Å². The maximum absolute atomic E-state index is 13.6. The minimum atomic E-state index is -4.38. The third-order valence-electron chi connectivity index (χ3n) is 5.64. The van der Waals surface area contributed by atoms with Crippen molar-refractivity contribution in [1.82, 2.24) is 0 Å². The Labute approximate surface area is 229 Å². The van der Waals surface area contributed by atoms with Gasteiger partial charge in [-0.15, -0.1) is 0 Å². The molecule has 0 bridgehead atoms. The van der Waals surface area contributed by atoms with Gasteiger partial charge < -0.3 is 15.2 Å². The number of carbonyl (C=O) groups is 2. The number of sulfonamides is 1. The fourth-order valence-corrected chi connectivity index (χ4v) is 6.17. The van der Waals surface area contributed by atoms with Crippen LogP contribution in [0.2, 0.25) is 10.0 Å². The van der Waals surface area contributed by atoms with E-state index < -0.39 is 22.5 Å². The van der Waals surface area contributed by atoms with Crippen molar-refractivity contribution in [2.45, 2.75) is 11.3 Å². The van der Waals surface area contributed by atoms with E-state index in [9.17, 15) is 23.1 Å². The molecule has 0 fully saturated rings. The minimum absolute atomic E-state index is 0.0856. The Kier molecular flexibility index (Phi) is 8.11. The molecule has 2 N–H and O–H groups in total. The lowest BCUT2D eigenvalue weighted by atomic mass is 10.1. The zero-order valence-corrected chi connectivity index (χ0v) is 22.3. The number of carboxylic acids is 1. The van der Waals surface area contributed by atoms with E-state index in [1.54, 1.807) is 61.7 Å². The summed E-state index contributed by atoms with van der Waals surface area (Å²) < 4.78 is 33.2. The van der Waals surface area contributed by atoms with E-state index in [1.165, 1.54) is 24.3 Å². The smallest absolute Gasteiger partial charge is 0.324 e. The summed E-state index contributed by atoms with van der Waals surface area (Å²) in [6.45, 7) is -0.849. The van der Waals surface area contributed by atoms with E-state index >= 15 is 0 Å². The maximum Gasteiger partial charge on any atom is 0.324 e. The molecule has 0 aromatic heterocycles. The van der Waals surface area contributed by atoms with Crippen LogP contribution in [0.25, 0.3) is 10.8 Å². The molecule has 0 atom stereocenters. The summed E-state index contributed by atoms with van der Waals surface area (Å²) in [6.07, 6.45) is 0.0856. The highest BCUT2D eigenvalue weighted by molar-refractivity contribution is 7.93. The average Bonchev–Trinajstić information content (AvgIpc) is 2.86. The highest BCUT2D eigenvalue weighted by atomic mass is 35.5. The number of aliphatic carboxylic acids is 1. The Hall–Kier alpha value is -3.79. The van der Waals surface area contributed by atoms with Crippen molar-refractivity contribution in [1.29, 1.82) is 0 Å². The van der Waals surface area contributed by atoms with Crippen molar-refractivity contribution in [2.75, 3.05) is 23.3 Å². The summed E-state index contributed by atoms with van der Waals surface area (Å²) in [6, 6.07) is 20.7. The number of hydrogen-bond acceptors (Lipinski definition) is 5. The third kappa shape index (κ3) is 6.02. The summed E-state index contributed by atoms with van der Waals surface area (Å²) in [5.41, 5.74) is 1.31. The number of methoxy groups -OCH3 is 1. The van der Waals surface area contributed by atoms with Gasteiger partial charge in [-0.3, -0.25) is 13.9 Å². The zero-order valence-electron chi connectivity index (χ0n) is 20.0. The molecule has 0 saturated carbocycles. The molecule has 4 aromatic carbocycles. The van der Waals surface area contributed by atoms with Crippen LogP contribution in [0.1, 0.15) is 5.56 Å². The second-order valence-corrected chi connectivity index (χ2v) is 11.0. The van der Waals surface area contributed by atoms with Crippen molar-refractivity contribution in [2.24, 2.45) is 0 Å². The summed E-state index contributed by atoms with van der Waals surface area (Å²) in [7, 11) is -2.84. The van der Waals surface area contributed by atoms with E-state index in [2.05, 4.69) is 5.32 Å². The van der Waals surface area contributed by atoms with Crippen molar-refractivity contribution >= 4 is 67.2 Å². The third-order valence-corrected chi connectivity index (χ3v) is 7.82. The number of halogens is 2. The Morgan fingerprint density at radius 3 is 2.26 bits per heavy atom. The standard InChI is InChI=1S/C27H22Cl2N2O6S/c1-37-20-6-2-5-17(11-20)12-26(32)30-24-9-3-8-23-22(24)7-4-10-25(23)31(16-27(33)34)38(35,36)21-14-18(28)13-19(29)15-21/h2-11,13-15H,12,16H2,1H3,(H,30,32)(H,33,34). The molecule has 0 saturated heterocycles. The van der Waals surface area contributed by atoms with Crippen LogP contribution >= 0.6 is 23.2 Å². The van der Waals surface area contributed by atoms with Gasteiger partial charge in [0.25, 0.3) is 10.0 Å². The number of rotatable bonds is 9. The Morgan fingerprint density at radius 2 is 1.58 bits per heavy atom. The SMILES string of the molecule is COc1cccc(CC(=O)Nc2cccc3c(N(CC(=O)O)S(=O)(=O)c4cc(Cl)cc(Cl)c4)cccc23)c1. The molecule has 0 unspecified atom stereocenters. The van der Waals surface area contributed by atoms with Crippen LogP contribution in [-0.2, 0) is 26.0 Å². The first kappa shape index (κ1) is 27.3. The number of nitrogens with one attached hydrogen (secondary N) is 1. The number of nitrogens with zero attached hydrogens (tertiary/aromatic N) is 1. The van der Waals surface area contributed by atoms with Gasteiger partial charge in [0.05, 0.1) is 24.1 Å². The first-order valence-corrected chi connectivity index (χ1v) is 13.4. The molecule has 4 aromatic rings. The number of fused-ring (bicyclic) bond motifs is 1. The second kappa shape index (κ2) is 11.3. The summed E-state index contributed by atoms with van der Waals surface area (Å²) >= 11 is 12.0. The quantitative estimate of drug-likeness (QED) is 0.269. The lowest BCUT2D eigenvalue weighted by molar-refractivity contribution is -0.135. The molecule has 4 rings (SSSR count). The highest BCUT2D eigenvalue weighted by Gasteiger charge is 2.29. The number of carbonyl (C=O) groups excluding carboxylic acids is 1. The largest absolute Gasteiger partial charge is 0.497 e. The van der Waals surface area contributed by atoms with Crippen LogP contribution in [0.4, 0.5) is 11.4 Å². The molecule has 38 heavy (non-hydrogen) atoms. The molecule has 0 aliphatic carbocycles. The van der Waals surface area contributed by atoms with Crippen molar-refractivity contribution in [3.8, 4) is 5.75 Å². The van der Waals surface area contributed by atoms with Crippen molar-refractivity contribution in [3.63, 3.8) is 0 Å². The Bertz CT molecular complexity index is 1620. The maximum atomic E-state index is 13.6. The molecule has 11 heteroatoms. The van der Waals surface area contributed by atoms with Crippen LogP contribution in [0, 0.1) is 0 Å². The molecule has 196 valence electrons. The van der Waals surface area contributed by atoms with Gasteiger partial charge in [-0.2, -0.15) is 0 Å². The Morgan fingerprint density at radius 1 is 0.921 bits per heavy atom. The van der Waals surface area contributed by atoms with Gasteiger partial charge in [-0.1, -0.05) is 59.6 Å². The number of amides is 1. The number of ether oxygens (including phenoxy) is 1. The molecule has 0 spiro atoms. The molecule has 0 aliphatic heterocycles. The van der Waals surface area contributed by atoms with Gasteiger partial charge in [0.1, 0.15) is 12.3 Å². The second-order valence-electron chi connectivity index (χ2n) is 8.26. The summed E-state index contributed by atoms with van der Waals surface area (Å²) in [4.78, 5) is 24.3.